The standard InChI is InChI=1S/C21H20F3N7O/c1-11(2)18-16(10-27-31(18)17-6-5-13(8-25-17)21(22,23)24)20(32)28-14-7-15-12(3)29-30(4)19(15)26-9-14/h5-11H,1-4H3,(H,28,32). The highest BCUT2D eigenvalue weighted by molar-refractivity contribution is 6.05. The number of rotatable bonds is 4. The van der Waals surface area contributed by atoms with Crippen LogP contribution in [-0.4, -0.2) is 35.4 Å². The van der Waals surface area contributed by atoms with Gasteiger partial charge >= 0.3 is 6.18 Å². The van der Waals surface area contributed by atoms with E-state index in [1.165, 1.54) is 23.1 Å². The van der Waals surface area contributed by atoms with Crippen molar-refractivity contribution in [1.29, 1.82) is 0 Å². The molecule has 0 saturated heterocycles. The number of aromatic nitrogens is 6. The van der Waals surface area contributed by atoms with E-state index >= 15 is 0 Å². The Balaban J connectivity index is 1.66. The molecule has 0 atom stereocenters. The lowest BCUT2D eigenvalue weighted by molar-refractivity contribution is -0.137. The zero-order chi connectivity index (χ0) is 23.2. The number of fused-ring (bicyclic) bond motifs is 1. The van der Waals surface area contributed by atoms with Gasteiger partial charge in [-0.3, -0.25) is 9.48 Å². The second-order valence-electron chi connectivity index (χ2n) is 7.67. The highest BCUT2D eigenvalue weighted by Gasteiger charge is 2.31. The van der Waals surface area contributed by atoms with Crippen LogP contribution in [0.3, 0.4) is 0 Å². The van der Waals surface area contributed by atoms with Crippen LogP contribution < -0.4 is 5.32 Å². The third-order valence-electron chi connectivity index (χ3n) is 5.01. The molecule has 4 rings (SSSR count). The van der Waals surface area contributed by atoms with Gasteiger partial charge in [0.05, 0.1) is 40.6 Å². The molecule has 11 heteroatoms. The number of hydrogen-bond donors (Lipinski definition) is 1. The van der Waals surface area contributed by atoms with Gasteiger partial charge in [0, 0.05) is 18.6 Å². The fourth-order valence-electron chi connectivity index (χ4n) is 3.52. The van der Waals surface area contributed by atoms with Gasteiger partial charge in [-0.15, -0.1) is 0 Å². The predicted octanol–water partition coefficient (Wildman–Crippen LogP) is 4.25. The predicted molar refractivity (Wildman–Crippen MR) is 112 cm³/mol. The minimum Gasteiger partial charge on any atom is -0.320 e. The average Bonchev–Trinajstić information content (AvgIpc) is 3.29. The first-order chi connectivity index (χ1) is 15.1. The molecule has 4 heterocycles. The molecule has 1 N–H and O–H groups in total. The molecule has 4 aromatic heterocycles. The van der Waals surface area contributed by atoms with Gasteiger partial charge in [-0.2, -0.15) is 23.4 Å². The summed E-state index contributed by atoms with van der Waals surface area (Å²) in [6.45, 7) is 5.58. The van der Waals surface area contributed by atoms with E-state index in [4.69, 9.17) is 0 Å². The summed E-state index contributed by atoms with van der Waals surface area (Å²) in [5.41, 5.74) is 1.95. The van der Waals surface area contributed by atoms with E-state index in [0.717, 1.165) is 23.3 Å². The molecule has 0 aliphatic carbocycles. The Labute approximate surface area is 181 Å². The molecule has 32 heavy (non-hydrogen) atoms. The molecule has 0 fully saturated rings. The lowest BCUT2D eigenvalue weighted by atomic mass is 10.1. The molecule has 166 valence electrons. The number of halogens is 3. The van der Waals surface area contributed by atoms with Crippen molar-refractivity contribution < 1.29 is 18.0 Å². The SMILES string of the molecule is Cc1nn(C)c2ncc(NC(=O)c3cnn(-c4ccc(C(F)(F)F)cn4)c3C(C)C)cc12. The minimum absolute atomic E-state index is 0.150. The van der Waals surface area contributed by atoms with E-state index in [2.05, 4.69) is 25.5 Å². The number of hydrogen-bond acceptors (Lipinski definition) is 5. The zero-order valence-electron chi connectivity index (χ0n) is 17.8. The minimum atomic E-state index is -4.48. The molecular formula is C21H20F3N7O. The molecule has 0 saturated carbocycles. The molecule has 0 bridgehead atoms. The second kappa shape index (κ2) is 7.74. The smallest absolute Gasteiger partial charge is 0.320 e. The fraction of sp³-hybridized carbons (Fsp3) is 0.286. The molecule has 4 aromatic rings. The Hall–Kier alpha value is -3.76. The number of carbonyl (C=O) groups is 1. The van der Waals surface area contributed by atoms with Crippen LogP contribution in [0.25, 0.3) is 16.9 Å². The van der Waals surface area contributed by atoms with Crippen LogP contribution in [0.2, 0.25) is 0 Å². The van der Waals surface area contributed by atoms with Gasteiger partial charge in [-0.05, 0) is 31.0 Å². The van der Waals surface area contributed by atoms with Crippen molar-refractivity contribution in [3.05, 3.63) is 59.3 Å². The van der Waals surface area contributed by atoms with Gasteiger partial charge in [0.2, 0.25) is 0 Å². The maximum atomic E-state index is 13.0. The Bertz CT molecular complexity index is 1300. The monoisotopic (exact) mass is 443 g/mol. The zero-order valence-corrected chi connectivity index (χ0v) is 17.8. The van der Waals surface area contributed by atoms with Crippen LogP contribution >= 0.6 is 0 Å². The first-order valence-corrected chi connectivity index (χ1v) is 9.78. The van der Waals surface area contributed by atoms with E-state index in [1.807, 2.05) is 20.8 Å². The first-order valence-electron chi connectivity index (χ1n) is 9.78. The third kappa shape index (κ3) is 3.81. The van der Waals surface area contributed by atoms with Gasteiger partial charge in [0.1, 0.15) is 0 Å². The highest BCUT2D eigenvalue weighted by Crippen LogP contribution is 2.30. The van der Waals surface area contributed by atoms with Crippen LogP contribution in [0.5, 0.6) is 0 Å². The van der Waals surface area contributed by atoms with Crippen LogP contribution in [0, 0.1) is 6.92 Å². The van der Waals surface area contributed by atoms with E-state index in [0.29, 0.717) is 22.6 Å². The Morgan fingerprint density at radius 3 is 2.50 bits per heavy atom. The molecule has 0 radical (unpaired) electrons. The summed E-state index contributed by atoms with van der Waals surface area (Å²) >= 11 is 0. The number of carbonyl (C=O) groups excluding carboxylic acids is 1. The Morgan fingerprint density at radius 1 is 1.12 bits per heavy atom. The second-order valence-corrected chi connectivity index (χ2v) is 7.67. The Morgan fingerprint density at radius 2 is 1.88 bits per heavy atom. The summed E-state index contributed by atoms with van der Waals surface area (Å²) in [5, 5.41) is 12.2. The summed E-state index contributed by atoms with van der Waals surface area (Å²) in [5.74, 6) is -0.368. The van der Waals surface area contributed by atoms with Gasteiger partial charge < -0.3 is 5.32 Å². The van der Waals surface area contributed by atoms with Crippen molar-refractivity contribution in [3.8, 4) is 5.82 Å². The summed E-state index contributed by atoms with van der Waals surface area (Å²) < 4.78 is 41.6. The number of aryl methyl sites for hydroxylation is 2. The van der Waals surface area contributed by atoms with Crippen LogP contribution in [-0.2, 0) is 13.2 Å². The number of anilines is 1. The van der Waals surface area contributed by atoms with Crippen molar-refractivity contribution in [2.45, 2.75) is 32.9 Å². The molecule has 0 aliphatic heterocycles. The van der Waals surface area contributed by atoms with Gasteiger partial charge in [-0.25, -0.2) is 14.6 Å². The lowest BCUT2D eigenvalue weighted by Crippen LogP contribution is -2.16. The topological polar surface area (TPSA) is 90.5 Å². The van der Waals surface area contributed by atoms with E-state index in [-0.39, 0.29) is 11.7 Å². The molecule has 0 unspecified atom stereocenters. The van der Waals surface area contributed by atoms with Gasteiger partial charge in [0.25, 0.3) is 5.91 Å². The van der Waals surface area contributed by atoms with Crippen LogP contribution in [0.1, 0.15) is 47.1 Å². The molecule has 0 aliphatic rings. The third-order valence-corrected chi connectivity index (χ3v) is 5.01. The molecular weight excluding hydrogens is 423 g/mol. The molecule has 0 aromatic carbocycles. The van der Waals surface area contributed by atoms with Crippen LogP contribution in [0.15, 0.2) is 36.8 Å². The highest BCUT2D eigenvalue weighted by atomic mass is 19.4. The van der Waals surface area contributed by atoms with Crippen molar-refractivity contribution in [3.63, 3.8) is 0 Å². The fourth-order valence-corrected chi connectivity index (χ4v) is 3.52. The number of nitrogens with zero attached hydrogens (tertiary/aromatic N) is 6. The summed E-state index contributed by atoms with van der Waals surface area (Å²) in [4.78, 5) is 21.3. The maximum absolute atomic E-state index is 13.0. The normalized spacial score (nSPS) is 12.0. The summed E-state index contributed by atoms with van der Waals surface area (Å²) in [6, 6.07) is 3.96. The van der Waals surface area contributed by atoms with E-state index in [9.17, 15) is 18.0 Å². The van der Waals surface area contributed by atoms with Crippen LogP contribution in [0.4, 0.5) is 18.9 Å². The average molecular weight is 443 g/mol. The van der Waals surface area contributed by atoms with Gasteiger partial charge in [0.15, 0.2) is 11.5 Å². The first kappa shape index (κ1) is 21.5. The largest absolute Gasteiger partial charge is 0.417 e. The number of nitrogens with one attached hydrogen (secondary N) is 1. The molecule has 1 amide bonds. The summed E-state index contributed by atoms with van der Waals surface area (Å²) in [6.07, 6.45) is -0.815. The Kier molecular flexibility index (Phi) is 5.19. The lowest BCUT2D eigenvalue weighted by Gasteiger charge is -2.13. The van der Waals surface area contributed by atoms with E-state index in [1.54, 1.807) is 17.8 Å². The number of amides is 1. The number of pyridine rings is 2. The quantitative estimate of drug-likeness (QED) is 0.509. The maximum Gasteiger partial charge on any atom is 0.417 e. The summed E-state index contributed by atoms with van der Waals surface area (Å²) in [7, 11) is 1.79. The van der Waals surface area contributed by atoms with Crippen molar-refractivity contribution in [2.75, 3.05) is 5.32 Å². The number of alkyl halides is 3. The van der Waals surface area contributed by atoms with Crippen molar-refractivity contribution >= 4 is 22.6 Å². The van der Waals surface area contributed by atoms with Gasteiger partial charge in [-0.1, -0.05) is 13.8 Å². The van der Waals surface area contributed by atoms with Crippen molar-refractivity contribution in [2.24, 2.45) is 7.05 Å². The molecule has 8 nitrogen and oxygen atoms in total. The molecule has 0 spiro atoms. The van der Waals surface area contributed by atoms with Crippen molar-refractivity contribution in [1.82, 2.24) is 29.5 Å². The van der Waals surface area contributed by atoms with E-state index < -0.39 is 17.6 Å².